The summed E-state index contributed by atoms with van der Waals surface area (Å²) in [5.74, 6) is 1.66. The second kappa shape index (κ2) is 14.1. The number of benzene rings is 5. The van der Waals surface area contributed by atoms with Gasteiger partial charge in [0.1, 0.15) is 16.0 Å². The smallest absolute Gasteiger partial charge is 0.184 e. The molecule has 0 fully saturated rings. The number of hydrogen-bond donors (Lipinski definition) is 0. The fourth-order valence-electron chi connectivity index (χ4n) is 6.52. The highest BCUT2D eigenvalue weighted by atomic mass is 79.9. The quantitative estimate of drug-likeness (QED) is 0.125. The van der Waals surface area contributed by atoms with E-state index in [-0.39, 0.29) is 0 Å². The Balaban J connectivity index is 1.34. The van der Waals surface area contributed by atoms with Crippen molar-refractivity contribution >= 4 is 27.5 Å². The molecule has 0 atom stereocenters. The van der Waals surface area contributed by atoms with E-state index < -0.39 is 5.54 Å². The molecule has 0 bridgehead atoms. The molecule has 0 amide bonds. The molecule has 0 aliphatic carbocycles. The largest absolute Gasteiger partial charge is 0.317 e. The molecule has 5 aromatic carbocycles. The van der Waals surface area contributed by atoms with Crippen molar-refractivity contribution in [3.63, 3.8) is 0 Å². The van der Waals surface area contributed by atoms with Gasteiger partial charge in [0.15, 0.2) is 11.0 Å². The number of rotatable bonds is 11. The predicted molar refractivity (Wildman–Crippen MR) is 196 cm³/mol. The van der Waals surface area contributed by atoms with Gasteiger partial charge in [0.05, 0.1) is 0 Å². The fourth-order valence-corrected chi connectivity index (χ4v) is 7.14. The predicted octanol–water partition coefficient (Wildman–Crippen LogP) is 9.85. The number of tetrazole rings is 1. The van der Waals surface area contributed by atoms with Crippen molar-refractivity contribution in [3.05, 3.63) is 177 Å². The number of aromatic nitrogens is 6. The summed E-state index contributed by atoms with van der Waals surface area (Å²) in [6.07, 6.45) is 3.05. The first-order chi connectivity index (χ1) is 23.6. The number of unbranched alkanes of at least 4 members (excludes halogenated alkanes) is 1. The Morgan fingerprint density at radius 1 is 0.688 bits per heavy atom. The van der Waals surface area contributed by atoms with E-state index >= 15 is 0 Å². The number of imidazole rings is 1. The summed E-state index contributed by atoms with van der Waals surface area (Å²) in [5.41, 5.74) is 6.54. The van der Waals surface area contributed by atoms with E-state index in [2.05, 4.69) is 153 Å². The molecule has 238 valence electrons. The van der Waals surface area contributed by atoms with Crippen LogP contribution in [0, 0.1) is 0 Å². The maximum absolute atomic E-state index is 6.42. The normalized spacial score (nSPS) is 11.6. The van der Waals surface area contributed by atoms with Gasteiger partial charge in [0.25, 0.3) is 0 Å². The molecule has 7 rings (SSSR count). The van der Waals surface area contributed by atoms with Crippen LogP contribution in [-0.2, 0) is 18.5 Å². The molecule has 6 nitrogen and oxygen atoms in total. The lowest BCUT2D eigenvalue weighted by Gasteiger charge is -2.36. The zero-order chi connectivity index (χ0) is 32.9. The highest BCUT2D eigenvalue weighted by Crippen LogP contribution is 2.43. The van der Waals surface area contributed by atoms with Gasteiger partial charge in [-0.3, -0.25) is 0 Å². The number of aryl methyl sites for hydroxylation is 1. The van der Waals surface area contributed by atoms with Crippen LogP contribution in [0.5, 0.6) is 0 Å². The Morgan fingerprint density at radius 2 is 1.23 bits per heavy atom. The van der Waals surface area contributed by atoms with Gasteiger partial charge in [-0.15, -0.1) is 5.10 Å². The van der Waals surface area contributed by atoms with Gasteiger partial charge in [-0.05, 0) is 66.2 Å². The third-order valence-corrected chi connectivity index (χ3v) is 10.1. The lowest BCUT2D eigenvalue weighted by atomic mass is 9.77. The van der Waals surface area contributed by atoms with Gasteiger partial charge in [-0.1, -0.05) is 164 Å². The molecular formula is C40H34BrClN6. The molecule has 8 heteroatoms. The highest BCUT2D eigenvalue weighted by molar-refractivity contribution is 9.10. The average Bonchev–Trinajstić information content (AvgIpc) is 3.74. The standard InChI is InChI=1S/C40H34BrClN6/c1-2-3-23-36-43-38(42)37(41)47(36)28-29-24-26-30(27-25-29)34-21-13-14-22-35(34)39-44-45-46-48(39)40(31-15-7-4-8-16-31,32-17-9-5-10-18-32)33-19-11-6-12-20-33/h4-22,24-27H,2-3,23,28H2,1H3. The first kappa shape index (κ1) is 31.7. The minimum absolute atomic E-state index is 0.502. The van der Waals surface area contributed by atoms with Crippen LogP contribution in [-0.4, -0.2) is 29.8 Å². The summed E-state index contributed by atoms with van der Waals surface area (Å²) < 4.78 is 4.96. The third-order valence-electron chi connectivity index (χ3n) is 8.84. The Bertz CT molecular complexity index is 2010. The Labute approximate surface area is 294 Å². The Hall–Kier alpha value is -4.85. The summed E-state index contributed by atoms with van der Waals surface area (Å²) in [6, 6.07) is 48.4. The first-order valence-electron chi connectivity index (χ1n) is 16.2. The second-order valence-electron chi connectivity index (χ2n) is 11.8. The SMILES string of the molecule is CCCCc1nc(Cl)c(Br)n1Cc1ccc(-c2ccccc2-c2nnnn2C(c2ccccc2)(c2ccccc2)c2ccccc2)cc1. The van der Waals surface area contributed by atoms with Crippen LogP contribution >= 0.6 is 27.5 Å². The van der Waals surface area contributed by atoms with Crippen molar-refractivity contribution in [2.45, 2.75) is 38.3 Å². The monoisotopic (exact) mass is 712 g/mol. The fraction of sp³-hybridized carbons (Fsp3) is 0.150. The van der Waals surface area contributed by atoms with Gasteiger partial charge in [0, 0.05) is 18.5 Å². The van der Waals surface area contributed by atoms with E-state index in [9.17, 15) is 0 Å². The average molecular weight is 714 g/mol. The topological polar surface area (TPSA) is 61.4 Å². The summed E-state index contributed by atoms with van der Waals surface area (Å²) in [6.45, 7) is 2.86. The van der Waals surface area contributed by atoms with Crippen molar-refractivity contribution in [1.29, 1.82) is 0 Å². The number of halogens is 2. The first-order valence-corrected chi connectivity index (χ1v) is 17.3. The molecule has 0 unspecified atom stereocenters. The van der Waals surface area contributed by atoms with Gasteiger partial charge < -0.3 is 4.57 Å². The molecule has 7 aromatic rings. The molecule has 2 aromatic heterocycles. The van der Waals surface area contributed by atoms with Crippen LogP contribution in [0.3, 0.4) is 0 Å². The third kappa shape index (κ3) is 5.89. The van der Waals surface area contributed by atoms with E-state index in [1.807, 2.05) is 28.9 Å². The molecule has 0 saturated heterocycles. The van der Waals surface area contributed by atoms with Crippen LogP contribution in [0.25, 0.3) is 22.5 Å². The summed E-state index contributed by atoms with van der Waals surface area (Å²) in [4.78, 5) is 4.60. The second-order valence-corrected chi connectivity index (χ2v) is 12.9. The molecule has 0 N–H and O–H groups in total. The lowest BCUT2D eigenvalue weighted by Crippen LogP contribution is -2.39. The van der Waals surface area contributed by atoms with Gasteiger partial charge >= 0.3 is 0 Å². The van der Waals surface area contributed by atoms with Crippen molar-refractivity contribution < 1.29 is 0 Å². The van der Waals surface area contributed by atoms with E-state index in [1.165, 1.54) is 0 Å². The molecular weight excluding hydrogens is 680 g/mol. The van der Waals surface area contributed by atoms with Crippen LogP contribution in [0.15, 0.2) is 144 Å². The van der Waals surface area contributed by atoms with Crippen molar-refractivity contribution in [2.24, 2.45) is 0 Å². The van der Waals surface area contributed by atoms with Gasteiger partial charge in [-0.2, -0.15) is 0 Å². The minimum Gasteiger partial charge on any atom is -0.317 e. The molecule has 48 heavy (non-hydrogen) atoms. The molecule has 0 aliphatic heterocycles. The van der Waals surface area contributed by atoms with Crippen molar-refractivity contribution in [3.8, 4) is 22.5 Å². The van der Waals surface area contributed by atoms with E-state index in [0.717, 1.165) is 68.6 Å². The molecule has 0 aliphatic rings. The Kier molecular flexibility index (Phi) is 9.32. The summed E-state index contributed by atoms with van der Waals surface area (Å²) in [5, 5.41) is 14.3. The zero-order valence-corrected chi connectivity index (χ0v) is 28.9. The van der Waals surface area contributed by atoms with Crippen molar-refractivity contribution in [1.82, 2.24) is 29.8 Å². The van der Waals surface area contributed by atoms with Crippen molar-refractivity contribution in [2.75, 3.05) is 0 Å². The minimum atomic E-state index is -0.839. The highest BCUT2D eigenvalue weighted by Gasteiger charge is 2.42. The van der Waals surface area contributed by atoms with Crippen LogP contribution in [0.4, 0.5) is 0 Å². The summed E-state index contributed by atoms with van der Waals surface area (Å²) in [7, 11) is 0. The maximum Gasteiger partial charge on any atom is 0.184 e. The number of nitrogens with zero attached hydrogens (tertiary/aromatic N) is 6. The van der Waals surface area contributed by atoms with Crippen LogP contribution in [0.1, 0.15) is 47.8 Å². The van der Waals surface area contributed by atoms with E-state index in [1.54, 1.807) is 0 Å². The molecule has 0 radical (unpaired) electrons. The molecule has 2 heterocycles. The van der Waals surface area contributed by atoms with Gasteiger partial charge in [0.2, 0.25) is 0 Å². The van der Waals surface area contributed by atoms with E-state index in [4.69, 9.17) is 21.9 Å². The Morgan fingerprint density at radius 3 is 1.79 bits per heavy atom. The summed E-state index contributed by atoms with van der Waals surface area (Å²) >= 11 is 10.1. The maximum atomic E-state index is 6.42. The van der Waals surface area contributed by atoms with Crippen LogP contribution in [0.2, 0.25) is 5.15 Å². The van der Waals surface area contributed by atoms with E-state index in [0.29, 0.717) is 17.5 Å². The zero-order valence-electron chi connectivity index (χ0n) is 26.5. The molecule has 0 saturated carbocycles. The number of hydrogen-bond acceptors (Lipinski definition) is 4. The molecule has 0 spiro atoms. The van der Waals surface area contributed by atoms with Gasteiger partial charge in [-0.25, -0.2) is 9.67 Å². The van der Waals surface area contributed by atoms with Crippen LogP contribution < -0.4 is 0 Å². The lowest BCUT2D eigenvalue weighted by molar-refractivity contribution is 0.451.